The molecule has 1 saturated carbocycles. The molecule has 1 saturated heterocycles. The van der Waals surface area contributed by atoms with Gasteiger partial charge in [0, 0.05) is 25.4 Å². The van der Waals surface area contributed by atoms with Crippen LogP contribution in [0.25, 0.3) is 10.8 Å². The van der Waals surface area contributed by atoms with Gasteiger partial charge in [0.2, 0.25) is 0 Å². The number of hydrogen-bond donors (Lipinski definition) is 0. The summed E-state index contributed by atoms with van der Waals surface area (Å²) in [5.74, 6) is 2.11. The first-order valence-corrected chi connectivity index (χ1v) is 10.0. The third kappa shape index (κ3) is 3.93. The van der Waals surface area contributed by atoms with E-state index < -0.39 is 0 Å². The van der Waals surface area contributed by atoms with Crippen molar-refractivity contribution in [2.24, 2.45) is 5.92 Å². The second-order valence-electron chi connectivity index (χ2n) is 8.02. The molecule has 3 nitrogen and oxygen atoms in total. The number of ether oxygens (including phenoxy) is 1. The maximum Gasteiger partial charge on any atom is 0.133 e. The van der Waals surface area contributed by atoms with E-state index in [9.17, 15) is 4.79 Å². The molecule has 0 spiro atoms. The van der Waals surface area contributed by atoms with Crippen LogP contribution >= 0.6 is 0 Å². The van der Waals surface area contributed by atoms with Gasteiger partial charge in [-0.3, -0.25) is 4.79 Å². The van der Waals surface area contributed by atoms with Crippen molar-refractivity contribution >= 4 is 16.6 Å². The molecule has 0 bridgehead atoms. The van der Waals surface area contributed by atoms with Gasteiger partial charge in [-0.2, -0.15) is 0 Å². The molecule has 0 radical (unpaired) electrons. The molecule has 4 rings (SSSR count). The lowest BCUT2D eigenvalue weighted by molar-refractivity contribution is -0.121. The van der Waals surface area contributed by atoms with E-state index >= 15 is 0 Å². The van der Waals surface area contributed by atoms with Gasteiger partial charge in [0.25, 0.3) is 0 Å². The Morgan fingerprint density at radius 2 is 1.81 bits per heavy atom. The van der Waals surface area contributed by atoms with Crippen LogP contribution in [0.4, 0.5) is 0 Å². The van der Waals surface area contributed by atoms with Crippen LogP contribution in [-0.4, -0.2) is 36.9 Å². The lowest BCUT2D eigenvalue weighted by Gasteiger charge is -2.39. The highest BCUT2D eigenvalue weighted by atomic mass is 16.5. The third-order valence-corrected chi connectivity index (χ3v) is 6.22. The Balaban J connectivity index is 1.41. The van der Waals surface area contributed by atoms with E-state index in [4.69, 9.17) is 4.74 Å². The summed E-state index contributed by atoms with van der Waals surface area (Å²) in [5.41, 5.74) is 1.44. The fraction of sp³-hybridized carbons (Fsp3) is 0.522. The van der Waals surface area contributed by atoms with Crippen molar-refractivity contribution in [3.05, 3.63) is 42.0 Å². The molecule has 1 aliphatic heterocycles. The predicted octanol–water partition coefficient (Wildman–Crippen LogP) is 4.61. The molecule has 138 valence electrons. The highest BCUT2D eigenvalue weighted by Gasteiger charge is 2.28. The monoisotopic (exact) mass is 351 g/mol. The lowest BCUT2D eigenvalue weighted by atomic mass is 9.87. The van der Waals surface area contributed by atoms with E-state index in [-0.39, 0.29) is 0 Å². The minimum Gasteiger partial charge on any atom is -0.497 e. The molecule has 0 N–H and O–H groups in total. The van der Waals surface area contributed by atoms with E-state index in [0.717, 1.165) is 43.8 Å². The summed E-state index contributed by atoms with van der Waals surface area (Å²) in [6.45, 7) is 2.41. The molecule has 1 unspecified atom stereocenters. The van der Waals surface area contributed by atoms with Crippen LogP contribution in [0.3, 0.4) is 0 Å². The van der Waals surface area contributed by atoms with Crippen LogP contribution in [-0.2, 0) is 11.2 Å². The summed E-state index contributed by atoms with van der Waals surface area (Å²) < 4.78 is 5.32. The van der Waals surface area contributed by atoms with Crippen molar-refractivity contribution in [2.75, 3.05) is 20.2 Å². The Hall–Kier alpha value is -1.87. The molecule has 3 heteroatoms. The summed E-state index contributed by atoms with van der Waals surface area (Å²) >= 11 is 0. The van der Waals surface area contributed by atoms with Gasteiger partial charge in [-0.1, -0.05) is 24.3 Å². The Morgan fingerprint density at radius 3 is 2.62 bits per heavy atom. The number of nitrogens with zero attached hydrogens (tertiary/aromatic N) is 1. The number of likely N-dealkylation sites (tertiary alicyclic amines) is 1. The fourth-order valence-corrected chi connectivity index (χ4v) is 4.75. The molecule has 1 aliphatic carbocycles. The Morgan fingerprint density at radius 1 is 1.04 bits per heavy atom. The first kappa shape index (κ1) is 17.5. The molecule has 26 heavy (non-hydrogen) atoms. The second-order valence-corrected chi connectivity index (χ2v) is 8.02. The highest BCUT2D eigenvalue weighted by Crippen LogP contribution is 2.29. The van der Waals surface area contributed by atoms with Gasteiger partial charge in [-0.25, -0.2) is 0 Å². The van der Waals surface area contributed by atoms with Gasteiger partial charge in [-0.05, 0) is 73.0 Å². The van der Waals surface area contributed by atoms with Gasteiger partial charge in [0.15, 0.2) is 0 Å². The van der Waals surface area contributed by atoms with Crippen LogP contribution in [0.2, 0.25) is 0 Å². The molecule has 2 aromatic rings. The maximum absolute atomic E-state index is 11.5. The zero-order valence-electron chi connectivity index (χ0n) is 15.7. The van der Waals surface area contributed by atoms with Crippen molar-refractivity contribution in [3.63, 3.8) is 0 Å². The quantitative estimate of drug-likeness (QED) is 0.805. The summed E-state index contributed by atoms with van der Waals surface area (Å²) in [6, 6.07) is 13.8. The minimum atomic E-state index is 0.461. The average molecular weight is 351 g/mol. The van der Waals surface area contributed by atoms with Crippen molar-refractivity contribution in [2.45, 2.75) is 51.0 Å². The van der Waals surface area contributed by atoms with E-state index in [2.05, 4.69) is 35.2 Å². The zero-order chi connectivity index (χ0) is 17.9. The van der Waals surface area contributed by atoms with Crippen molar-refractivity contribution in [1.29, 1.82) is 0 Å². The molecule has 2 aliphatic rings. The van der Waals surface area contributed by atoms with Crippen LogP contribution < -0.4 is 4.74 Å². The van der Waals surface area contributed by atoms with Crippen molar-refractivity contribution in [1.82, 2.24) is 4.90 Å². The molecule has 2 aromatic carbocycles. The van der Waals surface area contributed by atoms with Gasteiger partial charge in [-0.15, -0.1) is 0 Å². The Kier molecular flexibility index (Phi) is 5.26. The lowest BCUT2D eigenvalue weighted by Crippen LogP contribution is -2.44. The standard InChI is InChI=1S/C23H29NO2/c1-26-23-11-6-19-14-17(4-5-20(19)15-23)13-18-3-2-12-24(16-18)21-7-9-22(25)10-8-21/h4-6,11,14-15,18,21H,2-3,7-10,12-13,16H2,1H3. The number of benzene rings is 2. The van der Waals surface area contributed by atoms with Gasteiger partial charge in [0.1, 0.15) is 11.5 Å². The number of methoxy groups -OCH3 is 1. The normalized spacial score (nSPS) is 22.7. The SMILES string of the molecule is COc1ccc2cc(CC3CCCN(C4CCC(=O)CC4)C3)ccc2c1. The molecule has 2 fully saturated rings. The van der Waals surface area contributed by atoms with Crippen LogP contribution in [0.1, 0.15) is 44.1 Å². The Bertz CT molecular complexity index is 775. The van der Waals surface area contributed by atoms with Crippen LogP contribution in [0, 0.1) is 5.92 Å². The summed E-state index contributed by atoms with van der Waals surface area (Å²) in [6.07, 6.45) is 7.50. The molecule has 0 amide bonds. The van der Waals surface area contributed by atoms with E-state index in [1.54, 1.807) is 7.11 Å². The van der Waals surface area contributed by atoms with Crippen LogP contribution in [0.5, 0.6) is 5.75 Å². The zero-order valence-corrected chi connectivity index (χ0v) is 15.7. The predicted molar refractivity (Wildman–Crippen MR) is 106 cm³/mol. The number of fused-ring (bicyclic) bond motifs is 1. The molecular formula is C23H29NO2. The first-order chi connectivity index (χ1) is 12.7. The maximum atomic E-state index is 11.5. The molecule has 1 atom stereocenters. The molecular weight excluding hydrogens is 322 g/mol. The number of carbonyl (C=O) groups excluding carboxylic acids is 1. The van der Waals surface area contributed by atoms with Crippen molar-refractivity contribution < 1.29 is 9.53 Å². The highest BCUT2D eigenvalue weighted by molar-refractivity contribution is 5.84. The largest absolute Gasteiger partial charge is 0.497 e. The summed E-state index contributed by atoms with van der Waals surface area (Å²) in [4.78, 5) is 14.2. The van der Waals surface area contributed by atoms with Crippen LogP contribution in [0.15, 0.2) is 36.4 Å². The number of piperidine rings is 1. The van der Waals surface area contributed by atoms with Gasteiger partial charge >= 0.3 is 0 Å². The number of carbonyl (C=O) groups is 1. The molecule has 0 aromatic heterocycles. The molecule has 1 heterocycles. The number of Topliss-reactive ketones (excluding diaryl/α,β-unsaturated/α-hetero) is 1. The smallest absolute Gasteiger partial charge is 0.133 e. The van der Waals surface area contributed by atoms with Gasteiger partial charge < -0.3 is 9.64 Å². The summed E-state index contributed by atoms with van der Waals surface area (Å²) in [7, 11) is 1.71. The topological polar surface area (TPSA) is 29.5 Å². The number of hydrogen-bond acceptors (Lipinski definition) is 3. The number of ketones is 1. The van der Waals surface area contributed by atoms with E-state index in [1.807, 2.05) is 6.07 Å². The second kappa shape index (κ2) is 7.79. The van der Waals surface area contributed by atoms with E-state index in [0.29, 0.717) is 11.8 Å². The van der Waals surface area contributed by atoms with Crippen molar-refractivity contribution in [3.8, 4) is 5.75 Å². The van der Waals surface area contributed by atoms with Gasteiger partial charge in [0.05, 0.1) is 7.11 Å². The minimum absolute atomic E-state index is 0.461. The van der Waals surface area contributed by atoms with E-state index in [1.165, 1.54) is 42.3 Å². The Labute approximate surface area is 156 Å². The first-order valence-electron chi connectivity index (χ1n) is 10.0. The number of rotatable bonds is 4. The third-order valence-electron chi connectivity index (χ3n) is 6.22. The average Bonchev–Trinajstić information content (AvgIpc) is 2.68. The fourth-order valence-electron chi connectivity index (χ4n) is 4.75. The summed E-state index contributed by atoms with van der Waals surface area (Å²) in [5, 5.41) is 2.53.